The molecule has 0 aromatic heterocycles. The second-order valence-electron chi connectivity index (χ2n) is 4.78. The van der Waals surface area contributed by atoms with Crippen LogP contribution < -0.4 is 4.74 Å². The Morgan fingerprint density at radius 2 is 2.00 bits per heavy atom. The third-order valence-electron chi connectivity index (χ3n) is 3.09. The molecule has 0 aliphatic heterocycles. The highest BCUT2D eigenvalue weighted by Crippen LogP contribution is 2.28. The van der Waals surface area contributed by atoms with E-state index in [0.717, 1.165) is 22.2 Å². The minimum atomic E-state index is -0.0214. The first-order chi connectivity index (χ1) is 10.0. The molecule has 4 heteroatoms. The number of carbonyl (C=O) groups excluding carboxylic acids is 1. The molecule has 0 N–H and O–H groups in total. The first-order valence-electron chi connectivity index (χ1n) is 6.76. The van der Waals surface area contributed by atoms with Crippen LogP contribution in [0.2, 0.25) is 5.02 Å². The summed E-state index contributed by atoms with van der Waals surface area (Å²) in [7, 11) is 0. The molecule has 2 aromatic carbocycles. The van der Waals surface area contributed by atoms with E-state index in [9.17, 15) is 4.79 Å². The molecule has 2 aromatic rings. The number of aryl methyl sites for hydroxylation is 1. The molecule has 0 unspecified atom stereocenters. The van der Waals surface area contributed by atoms with E-state index in [1.807, 2.05) is 13.0 Å². The van der Waals surface area contributed by atoms with Crippen molar-refractivity contribution in [2.75, 3.05) is 6.61 Å². The Labute approximate surface area is 138 Å². The molecule has 0 saturated carbocycles. The van der Waals surface area contributed by atoms with Crippen molar-refractivity contribution in [1.29, 1.82) is 0 Å². The van der Waals surface area contributed by atoms with E-state index >= 15 is 0 Å². The molecule has 0 bridgehead atoms. The quantitative estimate of drug-likeness (QED) is 0.659. The van der Waals surface area contributed by atoms with Crippen LogP contribution in [0.25, 0.3) is 0 Å². The molecule has 0 aliphatic carbocycles. The van der Waals surface area contributed by atoms with Gasteiger partial charge in [-0.1, -0.05) is 18.5 Å². The zero-order valence-corrected chi connectivity index (χ0v) is 14.3. The second-order valence-corrected chi connectivity index (χ2v) is 6.07. The lowest BCUT2D eigenvalue weighted by Crippen LogP contribution is -2.04. The molecule has 0 amide bonds. The molecular formula is C17H16BrClO2. The van der Waals surface area contributed by atoms with E-state index in [2.05, 4.69) is 22.9 Å². The van der Waals surface area contributed by atoms with Gasteiger partial charge >= 0.3 is 0 Å². The van der Waals surface area contributed by atoms with E-state index in [1.165, 1.54) is 0 Å². The van der Waals surface area contributed by atoms with Crippen molar-refractivity contribution in [3.05, 3.63) is 62.6 Å². The van der Waals surface area contributed by atoms with Gasteiger partial charge < -0.3 is 4.74 Å². The van der Waals surface area contributed by atoms with Gasteiger partial charge in [-0.05, 0) is 71.2 Å². The summed E-state index contributed by atoms with van der Waals surface area (Å²) in [5, 5.41) is 0.633. The summed E-state index contributed by atoms with van der Waals surface area (Å²) in [6, 6.07) is 10.7. The van der Waals surface area contributed by atoms with Crippen molar-refractivity contribution >= 4 is 33.3 Å². The van der Waals surface area contributed by atoms with Gasteiger partial charge in [0, 0.05) is 16.1 Å². The largest absolute Gasteiger partial charge is 0.492 e. The molecule has 110 valence electrons. The average molecular weight is 368 g/mol. The van der Waals surface area contributed by atoms with Gasteiger partial charge in [0.2, 0.25) is 0 Å². The Morgan fingerprint density at radius 1 is 1.24 bits per heavy atom. The second kappa shape index (κ2) is 7.10. The molecule has 0 spiro atoms. The minimum absolute atomic E-state index is 0.0214. The van der Waals surface area contributed by atoms with Crippen LogP contribution >= 0.6 is 27.5 Å². The predicted molar refractivity (Wildman–Crippen MR) is 89.5 cm³/mol. The maximum Gasteiger partial charge on any atom is 0.193 e. The third-order valence-corrected chi connectivity index (χ3v) is 3.94. The number of halogens is 2. The summed E-state index contributed by atoms with van der Waals surface area (Å²) in [6.45, 7) is 4.59. The van der Waals surface area contributed by atoms with Crippen molar-refractivity contribution < 1.29 is 9.53 Å². The van der Waals surface area contributed by atoms with E-state index < -0.39 is 0 Å². The summed E-state index contributed by atoms with van der Waals surface area (Å²) in [4.78, 5) is 12.6. The lowest BCUT2D eigenvalue weighted by Gasteiger charge is -2.10. The Balaban J connectivity index is 2.29. The van der Waals surface area contributed by atoms with Gasteiger partial charge in [0.05, 0.1) is 11.1 Å². The Morgan fingerprint density at radius 3 is 2.62 bits per heavy atom. The van der Waals surface area contributed by atoms with Crippen LogP contribution in [0.5, 0.6) is 5.75 Å². The predicted octanol–water partition coefficient (Wildman–Crippen LogP) is 5.43. The lowest BCUT2D eigenvalue weighted by atomic mass is 9.99. The normalized spacial score (nSPS) is 10.5. The topological polar surface area (TPSA) is 26.3 Å². The van der Waals surface area contributed by atoms with Gasteiger partial charge in [0.15, 0.2) is 5.78 Å². The third kappa shape index (κ3) is 3.86. The Kier molecular flexibility index (Phi) is 5.43. The molecule has 21 heavy (non-hydrogen) atoms. The molecule has 0 saturated heterocycles. The smallest absolute Gasteiger partial charge is 0.193 e. The molecule has 0 atom stereocenters. The zero-order chi connectivity index (χ0) is 15.4. The highest BCUT2D eigenvalue weighted by Gasteiger charge is 2.14. The molecule has 0 radical (unpaired) electrons. The highest BCUT2D eigenvalue weighted by atomic mass is 79.9. The Bertz CT molecular complexity index is 668. The molecule has 2 nitrogen and oxygen atoms in total. The van der Waals surface area contributed by atoms with Crippen LogP contribution in [0.1, 0.15) is 34.8 Å². The van der Waals surface area contributed by atoms with Crippen molar-refractivity contribution in [1.82, 2.24) is 0 Å². The minimum Gasteiger partial charge on any atom is -0.492 e. The molecule has 2 rings (SSSR count). The fourth-order valence-electron chi connectivity index (χ4n) is 2.01. The van der Waals surface area contributed by atoms with Gasteiger partial charge in [-0.15, -0.1) is 0 Å². The molecular weight excluding hydrogens is 352 g/mol. The van der Waals surface area contributed by atoms with Crippen LogP contribution in [0.3, 0.4) is 0 Å². The summed E-state index contributed by atoms with van der Waals surface area (Å²) < 4.78 is 6.38. The first-order valence-corrected chi connectivity index (χ1v) is 7.93. The monoisotopic (exact) mass is 366 g/mol. The number of benzene rings is 2. The number of hydrogen-bond acceptors (Lipinski definition) is 2. The van der Waals surface area contributed by atoms with E-state index in [1.54, 1.807) is 30.3 Å². The summed E-state index contributed by atoms with van der Waals surface area (Å²) in [6.07, 6.45) is 0.942. The number of ether oxygens (including phenoxy) is 1. The lowest BCUT2D eigenvalue weighted by molar-refractivity contribution is 0.103. The number of rotatable bonds is 5. The van der Waals surface area contributed by atoms with E-state index in [4.69, 9.17) is 16.3 Å². The van der Waals surface area contributed by atoms with Crippen molar-refractivity contribution in [3.63, 3.8) is 0 Å². The number of carbonyl (C=O) groups is 1. The van der Waals surface area contributed by atoms with Gasteiger partial charge in [-0.2, -0.15) is 0 Å². The molecule has 0 heterocycles. The zero-order valence-electron chi connectivity index (χ0n) is 12.0. The molecule has 0 aliphatic rings. The number of hydrogen-bond donors (Lipinski definition) is 0. The van der Waals surface area contributed by atoms with E-state index in [0.29, 0.717) is 22.8 Å². The maximum absolute atomic E-state index is 12.6. The summed E-state index contributed by atoms with van der Waals surface area (Å²) in [5.74, 6) is 0.730. The van der Waals surface area contributed by atoms with Crippen LogP contribution in [-0.4, -0.2) is 12.4 Å². The van der Waals surface area contributed by atoms with Crippen LogP contribution in [0.15, 0.2) is 40.9 Å². The van der Waals surface area contributed by atoms with Gasteiger partial charge in [0.1, 0.15) is 5.75 Å². The molecule has 0 fully saturated rings. The summed E-state index contributed by atoms with van der Waals surface area (Å²) in [5.41, 5.74) is 2.15. The SMILES string of the molecule is CCCOc1ccc(C(=O)c2ccc(Cl)cc2C)cc1Br. The maximum atomic E-state index is 12.6. The standard InChI is InChI=1S/C17H16BrClO2/c1-3-8-21-16-7-4-12(10-15(16)18)17(20)14-6-5-13(19)9-11(14)2/h4-7,9-10H,3,8H2,1-2H3. The fraction of sp³-hybridized carbons (Fsp3) is 0.235. The van der Waals surface area contributed by atoms with Gasteiger partial charge in [-0.25, -0.2) is 0 Å². The van der Waals surface area contributed by atoms with Crippen LogP contribution in [0.4, 0.5) is 0 Å². The van der Waals surface area contributed by atoms with Crippen molar-refractivity contribution in [2.24, 2.45) is 0 Å². The average Bonchev–Trinajstić information content (AvgIpc) is 2.45. The summed E-state index contributed by atoms with van der Waals surface area (Å²) >= 11 is 9.38. The van der Waals surface area contributed by atoms with Crippen LogP contribution in [0, 0.1) is 6.92 Å². The highest BCUT2D eigenvalue weighted by molar-refractivity contribution is 9.10. The fourth-order valence-corrected chi connectivity index (χ4v) is 2.73. The van der Waals surface area contributed by atoms with Crippen molar-refractivity contribution in [3.8, 4) is 5.75 Å². The number of ketones is 1. The first kappa shape index (κ1) is 16.1. The van der Waals surface area contributed by atoms with Crippen molar-refractivity contribution in [2.45, 2.75) is 20.3 Å². The Hall–Kier alpha value is -1.32. The van der Waals surface area contributed by atoms with Crippen LogP contribution in [-0.2, 0) is 0 Å². The van der Waals surface area contributed by atoms with E-state index in [-0.39, 0.29) is 5.78 Å². The van der Waals surface area contributed by atoms with Gasteiger partial charge in [-0.3, -0.25) is 4.79 Å². The van der Waals surface area contributed by atoms with Gasteiger partial charge in [0.25, 0.3) is 0 Å².